The van der Waals surface area contributed by atoms with E-state index in [2.05, 4.69) is 15.0 Å². The molecule has 0 bridgehead atoms. The van der Waals surface area contributed by atoms with Crippen molar-refractivity contribution in [2.45, 2.75) is 13.3 Å². The summed E-state index contributed by atoms with van der Waals surface area (Å²) in [4.78, 5) is 14.8. The first-order chi connectivity index (χ1) is 12.4. The molecule has 1 heterocycles. The van der Waals surface area contributed by atoms with Crippen molar-refractivity contribution in [2.24, 2.45) is 0 Å². The fraction of sp³-hybridized carbons (Fsp3) is 0.105. The molecule has 1 N–H and O–H groups in total. The maximum Gasteiger partial charge on any atom is 0.267 e. The number of aromatic nitrogens is 2. The lowest BCUT2D eigenvalue weighted by molar-refractivity contribution is 0.482. The average molecular weight is 386 g/mol. The third-order valence-electron chi connectivity index (χ3n) is 3.64. The van der Waals surface area contributed by atoms with Crippen LogP contribution >= 0.6 is 23.2 Å². The summed E-state index contributed by atoms with van der Waals surface area (Å²) >= 11 is 12.2. The topological polar surface area (TPSA) is 59.3 Å². The monoisotopic (exact) mass is 385 g/mol. The second-order valence-corrected chi connectivity index (χ2v) is 6.52. The summed E-state index contributed by atoms with van der Waals surface area (Å²) in [6, 6.07) is 11.9. The Balaban J connectivity index is 1.88. The van der Waals surface area contributed by atoms with Gasteiger partial charge in [-0.15, -0.1) is 0 Å². The number of H-pyrrole nitrogens is 1. The van der Waals surface area contributed by atoms with E-state index in [-0.39, 0.29) is 5.56 Å². The number of nitrogens with one attached hydrogen (secondary N) is 1. The second-order valence-electron chi connectivity index (χ2n) is 5.67. The first-order valence-electron chi connectivity index (χ1n) is 7.64. The summed E-state index contributed by atoms with van der Waals surface area (Å²) < 4.78 is 5.82. The van der Waals surface area contributed by atoms with E-state index in [9.17, 15) is 4.79 Å². The molecule has 7 heteroatoms. The normalized spacial score (nSPS) is 10.4. The van der Waals surface area contributed by atoms with Gasteiger partial charge in [0, 0.05) is 17.0 Å². The molecule has 2 aromatic carbocycles. The van der Waals surface area contributed by atoms with Crippen LogP contribution in [-0.4, -0.2) is 10.2 Å². The highest BCUT2D eigenvalue weighted by molar-refractivity contribution is 6.32. The Morgan fingerprint density at radius 3 is 2.73 bits per heavy atom. The summed E-state index contributed by atoms with van der Waals surface area (Å²) in [5.74, 6) is 0.879. The highest BCUT2D eigenvalue weighted by atomic mass is 35.5. The number of benzene rings is 2. The van der Waals surface area contributed by atoms with Crippen LogP contribution in [0.1, 0.15) is 16.8 Å². The van der Waals surface area contributed by atoms with E-state index in [0.717, 1.165) is 11.3 Å². The van der Waals surface area contributed by atoms with E-state index in [1.807, 2.05) is 6.07 Å². The predicted molar refractivity (Wildman–Crippen MR) is 102 cm³/mol. The minimum atomic E-state index is -0.203. The number of rotatable bonds is 4. The molecule has 0 fully saturated rings. The van der Waals surface area contributed by atoms with Crippen molar-refractivity contribution in [1.82, 2.24) is 10.2 Å². The van der Waals surface area contributed by atoms with Crippen LogP contribution in [0.4, 0.5) is 5.69 Å². The van der Waals surface area contributed by atoms with E-state index >= 15 is 0 Å². The maximum absolute atomic E-state index is 11.4. The van der Waals surface area contributed by atoms with Crippen molar-refractivity contribution >= 4 is 28.9 Å². The van der Waals surface area contributed by atoms with Crippen molar-refractivity contribution in [2.75, 3.05) is 0 Å². The molecular weight excluding hydrogens is 373 g/mol. The van der Waals surface area contributed by atoms with E-state index in [4.69, 9.17) is 34.5 Å². The van der Waals surface area contributed by atoms with Crippen molar-refractivity contribution in [3.05, 3.63) is 91.1 Å². The minimum absolute atomic E-state index is 0.203. The standard InChI is InChI=1S/C19H13Cl2N3O2/c1-11-5-15(23-24-19(11)25)6-12-3-4-17(21)18(7-12)26-16-9-13(20)8-14(10-16)22-2/h3-5,7-10H,6H2,1H3,(H,24,25). The molecule has 0 unspecified atom stereocenters. The van der Waals surface area contributed by atoms with Gasteiger partial charge >= 0.3 is 0 Å². The third kappa shape index (κ3) is 4.23. The molecule has 0 amide bonds. The Hall–Kier alpha value is -2.81. The quantitative estimate of drug-likeness (QED) is 0.618. The fourth-order valence-corrected chi connectivity index (χ4v) is 2.77. The molecule has 0 saturated carbocycles. The zero-order valence-corrected chi connectivity index (χ0v) is 15.2. The number of hydrogen-bond donors (Lipinski definition) is 1. The van der Waals surface area contributed by atoms with Gasteiger partial charge < -0.3 is 4.74 Å². The SMILES string of the molecule is [C-]#[N+]c1cc(Cl)cc(Oc2cc(Cc3cc(C)c(=O)[nH]n3)ccc2Cl)c1. The molecule has 1 aromatic heterocycles. The molecule has 26 heavy (non-hydrogen) atoms. The van der Waals surface area contributed by atoms with Crippen LogP contribution in [-0.2, 0) is 6.42 Å². The molecule has 0 spiro atoms. The Labute approximate surface area is 160 Å². The lowest BCUT2D eigenvalue weighted by atomic mass is 10.1. The molecule has 0 aliphatic rings. The Bertz CT molecular complexity index is 1070. The van der Waals surface area contributed by atoms with Crippen molar-refractivity contribution in [1.29, 1.82) is 0 Å². The van der Waals surface area contributed by atoms with Crippen molar-refractivity contribution < 1.29 is 4.74 Å². The molecule has 3 rings (SSSR count). The predicted octanol–water partition coefficient (Wildman–Crippen LogP) is 5.32. The van der Waals surface area contributed by atoms with Crippen LogP contribution in [0.15, 0.2) is 47.3 Å². The first-order valence-corrected chi connectivity index (χ1v) is 8.40. The van der Waals surface area contributed by atoms with Gasteiger partial charge in [0.05, 0.1) is 17.3 Å². The van der Waals surface area contributed by atoms with E-state index in [1.54, 1.807) is 43.3 Å². The van der Waals surface area contributed by atoms with E-state index in [0.29, 0.717) is 39.2 Å². The molecule has 130 valence electrons. The van der Waals surface area contributed by atoms with Gasteiger partial charge in [-0.25, -0.2) is 9.94 Å². The molecular formula is C19H13Cl2N3O2. The second kappa shape index (κ2) is 7.61. The Morgan fingerprint density at radius 1 is 1.19 bits per heavy atom. The number of nitrogens with zero attached hydrogens (tertiary/aromatic N) is 2. The number of ether oxygens (including phenoxy) is 1. The lowest BCUT2D eigenvalue weighted by Crippen LogP contribution is -2.12. The average Bonchev–Trinajstić information content (AvgIpc) is 2.60. The maximum atomic E-state index is 11.4. The molecule has 0 aliphatic carbocycles. The Kier molecular flexibility index (Phi) is 5.27. The number of aromatic amines is 1. The molecule has 0 aliphatic heterocycles. The lowest BCUT2D eigenvalue weighted by Gasteiger charge is -2.10. The highest BCUT2D eigenvalue weighted by Gasteiger charge is 2.09. The first kappa shape index (κ1) is 18.0. The van der Waals surface area contributed by atoms with E-state index in [1.165, 1.54) is 0 Å². The fourth-order valence-electron chi connectivity index (χ4n) is 2.39. The van der Waals surface area contributed by atoms with Gasteiger partial charge in [0.2, 0.25) is 0 Å². The van der Waals surface area contributed by atoms with Crippen LogP contribution in [0.5, 0.6) is 11.5 Å². The third-order valence-corrected chi connectivity index (χ3v) is 4.17. The van der Waals surface area contributed by atoms with Gasteiger partial charge in [0.1, 0.15) is 11.5 Å². The largest absolute Gasteiger partial charge is 0.457 e. The van der Waals surface area contributed by atoms with Gasteiger partial charge in [-0.2, -0.15) is 5.10 Å². The Morgan fingerprint density at radius 2 is 2.00 bits per heavy atom. The highest BCUT2D eigenvalue weighted by Crippen LogP contribution is 2.34. The smallest absolute Gasteiger partial charge is 0.267 e. The van der Waals surface area contributed by atoms with Gasteiger partial charge in [0.15, 0.2) is 5.69 Å². The van der Waals surface area contributed by atoms with Gasteiger partial charge in [-0.1, -0.05) is 29.3 Å². The van der Waals surface area contributed by atoms with Gasteiger partial charge in [-0.3, -0.25) is 4.79 Å². The molecule has 0 radical (unpaired) electrons. The zero-order chi connectivity index (χ0) is 18.7. The summed E-state index contributed by atoms with van der Waals surface area (Å²) in [5, 5.41) is 7.36. The number of hydrogen-bond acceptors (Lipinski definition) is 3. The van der Waals surface area contributed by atoms with Crippen molar-refractivity contribution in [3.63, 3.8) is 0 Å². The molecule has 0 atom stereocenters. The summed E-state index contributed by atoms with van der Waals surface area (Å²) in [6.07, 6.45) is 0.508. The molecule has 3 aromatic rings. The van der Waals surface area contributed by atoms with Gasteiger partial charge in [-0.05, 0) is 48.9 Å². The number of aryl methyl sites for hydroxylation is 1. The zero-order valence-electron chi connectivity index (χ0n) is 13.7. The summed E-state index contributed by atoms with van der Waals surface area (Å²) in [7, 11) is 0. The summed E-state index contributed by atoms with van der Waals surface area (Å²) in [5.41, 5.74) is 2.42. The van der Waals surface area contributed by atoms with Crippen LogP contribution in [0, 0.1) is 13.5 Å². The van der Waals surface area contributed by atoms with Crippen LogP contribution in [0.2, 0.25) is 10.0 Å². The molecule has 0 saturated heterocycles. The summed E-state index contributed by atoms with van der Waals surface area (Å²) in [6.45, 7) is 8.83. The van der Waals surface area contributed by atoms with Crippen LogP contribution in [0.25, 0.3) is 4.85 Å². The molecule has 5 nitrogen and oxygen atoms in total. The van der Waals surface area contributed by atoms with Crippen molar-refractivity contribution in [3.8, 4) is 11.5 Å². The van der Waals surface area contributed by atoms with Crippen LogP contribution in [0.3, 0.4) is 0 Å². The van der Waals surface area contributed by atoms with Gasteiger partial charge in [0.25, 0.3) is 5.56 Å². The minimum Gasteiger partial charge on any atom is -0.457 e. The number of halogens is 2. The van der Waals surface area contributed by atoms with E-state index < -0.39 is 0 Å². The van der Waals surface area contributed by atoms with Crippen LogP contribution < -0.4 is 10.3 Å².